The van der Waals surface area contributed by atoms with Gasteiger partial charge >= 0.3 is 6.18 Å². The molecule has 6 heteroatoms. The van der Waals surface area contributed by atoms with E-state index in [0.717, 1.165) is 17.7 Å². The third-order valence-electron chi connectivity index (χ3n) is 4.37. The van der Waals surface area contributed by atoms with Gasteiger partial charge in [-0.2, -0.15) is 13.2 Å². The van der Waals surface area contributed by atoms with Crippen molar-refractivity contribution in [2.75, 3.05) is 0 Å². The summed E-state index contributed by atoms with van der Waals surface area (Å²) >= 11 is 5.85. The van der Waals surface area contributed by atoms with Crippen LogP contribution in [0.3, 0.4) is 0 Å². The number of benzene rings is 3. The Labute approximate surface area is 160 Å². The largest absolute Gasteiger partial charge is 0.416 e. The zero-order valence-corrected chi connectivity index (χ0v) is 14.9. The molecule has 2 nitrogen and oxygen atoms in total. The van der Waals surface area contributed by atoms with Crippen LogP contribution in [-0.4, -0.2) is 5.11 Å². The number of nitrogens with two attached hydrogens (primary N) is 1. The number of hydrogen-bond donors (Lipinski definition) is 2. The molecule has 3 N–H and O–H groups in total. The highest BCUT2D eigenvalue weighted by atomic mass is 35.5. The highest BCUT2D eigenvalue weighted by Crippen LogP contribution is 2.33. The fourth-order valence-corrected chi connectivity index (χ4v) is 2.95. The van der Waals surface area contributed by atoms with Crippen molar-refractivity contribution in [1.29, 1.82) is 0 Å². The molecule has 0 fully saturated rings. The molecule has 0 aromatic heterocycles. The van der Waals surface area contributed by atoms with Gasteiger partial charge in [0.15, 0.2) is 0 Å². The maximum atomic E-state index is 12.9. The van der Waals surface area contributed by atoms with Crippen molar-refractivity contribution in [2.24, 2.45) is 5.73 Å². The van der Waals surface area contributed by atoms with Gasteiger partial charge < -0.3 is 10.8 Å². The van der Waals surface area contributed by atoms with Gasteiger partial charge in [0.05, 0.1) is 17.7 Å². The molecule has 0 heterocycles. The van der Waals surface area contributed by atoms with E-state index in [0.29, 0.717) is 21.7 Å². The molecule has 0 amide bonds. The number of alkyl halides is 3. The van der Waals surface area contributed by atoms with Crippen LogP contribution < -0.4 is 5.73 Å². The second-order valence-corrected chi connectivity index (χ2v) is 6.66. The maximum absolute atomic E-state index is 12.9. The van der Waals surface area contributed by atoms with Crippen molar-refractivity contribution in [1.82, 2.24) is 0 Å². The summed E-state index contributed by atoms with van der Waals surface area (Å²) in [5.74, 6) is 0. The molecule has 0 aliphatic rings. The van der Waals surface area contributed by atoms with Crippen LogP contribution in [0, 0.1) is 0 Å². The van der Waals surface area contributed by atoms with E-state index in [-0.39, 0.29) is 0 Å². The van der Waals surface area contributed by atoms with Crippen LogP contribution in [0.2, 0.25) is 5.02 Å². The van der Waals surface area contributed by atoms with E-state index in [4.69, 9.17) is 17.3 Å². The summed E-state index contributed by atoms with van der Waals surface area (Å²) in [6.07, 6.45) is -5.35. The lowest BCUT2D eigenvalue weighted by Crippen LogP contribution is -2.19. The second kappa shape index (κ2) is 7.72. The monoisotopic (exact) mass is 391 g/mol. The highest BCUT2D eigenvalue weighted by molar-refractivity contribution is 6.30. The fraction of sp³-hybridized carbons (Fsp3) is 0.143. The summed E-state index contributed by atoms with van der Waals surface area (Å²) in [7, 11) is 0. The maximum Gasteiger partial charge on any atom is 0.416 e. The zero-order valence-electron chi connectivity index (χ0n) is 14.1. The molecular weight excluding hydrogens is 375 g/mol. The minimum atomic E-state index is -4.39. The predicted molar refractivity (Wildman–Crippen MR) is 100 cm³/mol. The molecule has 0 radical (unpaired) electrons. The van der Waals surface area contributed by atoms with Gasteiger partial charge in [-0.1, -0.05) is 60.1 Å². The van der Waals surface area contributed by atoms with Gasteiger partial charge in [0, 0.05) is 5.02 Å². The Morgan fingerprint density at radius 2 is 1.41 bits per heavy atom. The first-order chi connectivity index (χ1) is 12.8. The van der Waals surface area contributed by atoms with Gasteiger partial charge in [0.1, 0.15) is 0 Å². The second-order valence-electron chi connectivity index (χ2n) is 6.22. The molecule has 27 heavy (non-hydrogen) atoms. The topological polar surface area (TPSA) is 46.2 Å². The first-order valence-corrected chi connectivity index (χ1v) is 8.60. The van der Waals surface area contributed by atoms with Gasteiger partial charge in [0.25, 0.3) is 0 Å². The number of hydrogen-bond acceptors (Lipinski definition) is 2. The van der Waals surface area contributed by atoms with Crippen molar-refractivity contribution < 1.29 is 18.3 Å². The average Bonchev–Trinajstić information content (AvgIpc) is 2.67. The smallest absolute Gasteiger partial charge is 0.386 e. The normalized spacial score (nSPS) is 14.0. The van der Waals surface area contributed by atoms with Crippen LogP contribution in [0.25, 0.3) is 11.1 Å². The molecular formula is C21H17ClF3NO. The number of rotatable bonds is 4. The van der Waals surface area contributed by atoms with E-state index in [2.05, 4.69) is 0 Å². The lowest BCUT2D eigenvalue weighted by Gasteiger charge is -2.20. The minimum absolute atomic E-state index is 0.452. The van der Waals surface area contributed by atoms with Crippen LogP contribution in [0.1, 0.15) is 28.8 Å². The predicted octanol–water partition coefficient (Wildman–Crippen LogP) is 5.76. The zero-order chi connectivity index (χ0) is 19.6. The van der Waals surface area contributed by atoms with E-state index in [9.17, 15) is 18.3 Å². The van der Waals surface area contributed by atoms with Crippen molar-refractivity contribution >= 4 is 11.6 Å². The molecule has 0 aliphatic carbocycles. The van der Waals surface area contributed by atoms with Crippen molar-refractivity contribution in [3.8, 4) is 11.1 Å². The van der Waals surface area contributed by atoms with Gasteiger partial charge in [-0.15, -0.1) is 0 Å². The third-order valence-corrected chi connectivity index (χ3v) is 4.62. The first-order valence-electron chi connectivity index (χ1n) is 8.22. The molecule has 0 bridgehead atoms. The Morgan fingerprint density at radius 1 is 0.815 bits per heavy atom. The molecule has 0 saturated heterocycles. The number of aliphatic hydroxyl groups excluding tert-OH is 1. The van der Waals surface area contributed by atoms with E-state index in [1.165, 1.54) is 6.07 Å². The summed E-state index contributed by atoms with van der Waals surface area (Å²) in [4.78, 5) is 0. The van der Waals surface area contributed by atoms with Gasteiger partial charge in [-0.3, -0.25) is 0 Å². The van der Waals surface area contributed by atoms with Crippen LogP contribution in [-0.2, 0) is 6.18 Å². The summed E-state index contributed by atoms with van der Waals surface area (Å²) in [6, 6.07) is 18.0. The summed E-state index contributed by atoms with van der Waals surface area (Å²) in [5, 5.41) is 11.1. The number of aliphatic hydroxyl groups is 1. The van der Waals surface area contributed by atoms with Crippen molar-refractivity contribution in [3.05, 3.63) is 94.5 Å². The van der Waals surface area contributed by atoms with E-state index < -0.39 is 23.9 Å². The van der Waals surface area contributed by atoms with Gasteiger partial charge in [-0.05, 0) is 46.5 Å². The Kier molecular flexibility index (Phi) is 5.56. The minimum Gasteiger partial charge on any atom is -0.386 e. The van der Waals surface area contributed by atoms with Crippen LogP contribution in [0.15, 0.2) is 72.8 Å². The molecule has 3 aromatic rings. The van der Waals surface area contributed by atoms with Crippen LogP contribution >= 0.6 is 11.6 Å². The lowest BCUT2D eigenvalue weighted by atomic mass is 9.94. The number of halogens is 4. The Hall–Kier alpha value is -2.34. The summed E-state index contributed by atoms with van der Waals surface area (Å²) < 4.78 is 38.6. The molecule has 3 rings (SSSR count). The molecule has 0 saturated carbocycles. The first kappa shape index (κ1) is 19.4. The summed E-state index contributed by atoms with van der Waals surface area (Å²) in [6.45, 7) is 0. The molecule has 0 spiro atoms. The quantitative estimate of drug-likeness (QED) is 0.594. The van der Waals surface area contributed by atoms with Crippen LogP contribution in [0.5, 0.6) is 0 Å². The van der Waals surface area contributed by atoms with Crippen molar-refractivity contribution in [3.63, 3.8) is 0 Å². The molecule has 0 aliphatic heterocycles. The Morgan fingerprint density at radius 3 is 2.00 bits per heavy atom. The van der Waals surface area contributed by atoms with E-state index >= 15 is 0 Å². The van der Waals surface area contributed by atoms with E-state index in [1.54, 1.807) is 54.6 Å². The molecule has 140 valence electrons. The third kappa shape index (κ3) is 4.50. The summed E-state index contributed by atoms with van der Waals surface area (Å²) in [5.41, 5.74) is 7.80. The van der Waals surface area contributed by atoms with E-state index in [1.807, 2.05) is 0 Å². The lowest BCUT2D eigenvalue weighted by molar-refractivity contribution is -0.137. The SMILES string of the molecule is NC(c1ccc(Cl)cc1)C(O)c1ccc(-c2cccc(C(F)(F)F)c2)cc1. The molecule has 2 atom stereocenters. The molecule has 3 aromatic carbocycles. The van der Waals surface area contributed by atoms with Gasteiger partial charge in [-0.25, -0.2) is 0 Å². The Bertz CT molecular complexity index is 908. The highest BCUT2D eigenvalue weighted by Gasteiger charge is 2.30. The average molecular weight is 392 g/mol. The van der Waals surface area contributed by atoms with Crippen molar-refractivity contribution in [2.45, 2.75) is 18.3 Å². The molecule has 2 unspecified atom stereocenters. The Balaban J connectivity index is 1.82. The fourth-order valence-electron chi connectivity index (χ4n) is 2.82. The standard InChI is InChI=1S/C21H17ClF3NO/c22-18-10-8-14(9-11-18)19(26)20(27)15-6-4-13(5-7-15)16-2-1-3-17(12-16)21(23,24)25/h1-12,19-20,27H,26H2. The van der Waals surface area contributed by atoms with Gasteiger partial charge in [0.2, 0.25) is 0 Å². The van der Waals surface area contributed by atoms with Crippen LogP contribution in [0.4, 0.5) is 13.2 Å².